The number of carboxylic acid groups (broad SMARTS) is 1. The number of hydrogen-bond acceptors (Lipinski definition) is 18. The number of benzene rings is 2. The van der Waals surface area contributed by atoms with Crippen LogP contribution in [-0.2, 0) is 53.0 Å². The van der Waals surface area contributed by atoms with Crippen LogP contribution in [0.3, 0.4) is 0 Å². The molecule has 4 saturated carbocycles. The largest absolute Gasteiger partial charge is 0.543 e. The van der Waals surface area contributed by atoms with Crippen molar-refractivity contribution < 1.29 is 52.6 Å². The number of amides is 7. The standard InChI is InChI=1S/C72H91N15O10S/c1-44(2)60(80-57(88)24-31-96-32-27-85-58(89)22-23-59(85)90)65(92)77-54(13-10-25-74-67(73)95)64(91)76-49-17-15-48(16-18-49)36-87(28-8-9-29-87)30-33-97-72-40-69(6)37-70(7,41-72)39-71(38-69,42-72)43-86-47(5)52(35-75-86)51-19-21-56(79-61(51)66(93)94)84-26-11-12-50-46(4)62(82-83-63(50)84)81-68-78-53-20-14-45(3)34-55(53)98-68/h14-23,34-35,44,54,60H,8-13,24-33,36-43H2,1-7H3,(H7-,73,74,76,77,78,80,81,82,88,91,92,93,94,95)/t54-,60-,69?,70?,71?,72?/m0/s1. The summed E-state index contributed by atoms with van der Waals surface area (Å²) in [6.07, 6.45) is 14.6. The van der Waals surface area contributed by atoms with Gasteiger partial charge in [-0.05, 0) is 149 Å². The maximum absolute atomic E-state index is 14.0. The predicted molar refractivity (Wildman–Crippen MR) is 369 cm³/mol. The number of thiazole rings is 1. The SMILES string of the molecule is Cc1ccc2nc(Nc3nnc4c(c3C)CCCN4c3ccc(-c4cnn(CC56CC7(C)CC(C)(C5)CC(OCC[N+]5(Cc8ccc(NC(=O)[C@H](CCCNC(N)=O)NC(=O)[C@@H](NC(=O)CCOCCN9C(=O)C=CC9=O)C(C)C)cc8)CCCC5)(C7)C6)c4C)c(C(=O)[O-])n3)sc2c1. The Hall–Kier alpha value is -8.72. The lowest BCUT2D eigenvalue weighted by Gasteiger charge is -2.69. The van der Waals surface area contributed by atoms with Gasteiger partial charge in [0.2, 0.25) is 17.7 Å². The van der Waals surface area contributed by atoms with E-state index in [0.29, 0.717) is 60.4 Å². The first-order valence-electron chi connectivity index (χ1n) is 34.5. The second kappa shape index (κ2) is 28.3. The Balaban J connectivity index is 0.671. The number of aromatic nitrogens is 6. The Labute approximate surface area is 575 Å². The van der Waals surface area contributed by atoms with Gasteiger partial charge in [-0.15, -0.1) is 10.2 Å². The number of ether oxygens (including phenoxy) is 2. The number of nitrogens with zero attached hydrogens (tertiary/aromatic N) is 9. The van der Waals surface area contributed by atoms with E-state index in [1.54, 1.807) is 31.4 Å². The number of anilines is 5. The third-order valence-electron chi connectivity index (χ3n) is 21.0. The smallest absolute Gasteiger partial charge is 0.312 e. The minimum atomic E-state index is -1.37. The minimum Gasteiger partial charge on any atom is -0.543 e. The molecule has 4 bridgehead atoms. The van der Waals surface area contributed by atoms with Gasteiger partial charge in [0.25, 0.3) is 11.8 Å². The van der Waals surface area contributed by atoms with E-state index in [0.717, 1.165) is 138 Å². The molecule has 7 heterocycles. The van der Waals surface area contributed by atoms with Gasteiger partial charge in [0, 0.05) is 90.2 Å². The van der Waals surface area contributed by atoms with E-state index in [1.165, 1.54) is 17.7 Å². The van der Waals surface area contributed by atoms with Gasteiger partial charge in [0.15, 0.2) is 16.8 Å². The second-order valence-corrected chi connectivity index (χ2v) is 30.6. The fourth-order valence-corrected chi connectivity index (χ4v) is 18.5. The molecule has 3 aliphatic heterocycles. The number of imide groups is 1. The van der Waals surface area contributed by atoms with Gasteiger partial charge < -0.3 is 61.1 Å². The third-order valence-corrected chi connectivity index (χ3v) is 21.9. The van der Waals surface area contributed by atoms with E-state index in [-0.39, 0.29) is 72.6 Å². The maximum Gasteiger partial charge on any atom is 0.312 e. The summed E-state index contributed by atoms with van der Waals surface area (Å²) in [5.41, 5.74) is 12.7. The Morgan fingerprint density at radius 2 is 1.57 bits per heavy atom. The van der Waals surface area contributed by atoms with E-state index in [2.05, 4.69) is 69.3 Å². The van der Waals surface area contributed by atoms with E-state index >= 15 is 0 Å². The van der Waals surface area contributed by atoms with Gasteiger partial charge in [-0.2, -0.15) is 5.10 Å². The number of pyridine rings is 1. The van der Waals surface area contributed by atoms with E-state index in [1.807, 2.05) is 61.2 Å². The van der Waals surface area contributed by atoms with Gasteiger partial charge >= 0.3 is 6.03 Å². The van der Waals surface area contributed by atoms with Gasteiger partial charge in [0.1, 0.15) is 31.0 Å². The zero-order chi connectivity index (χ0) is 69.3. The summed E-state index contributed by atoms with van der Waals surface area (Å²) in [5.74, 6) is -2.29. The predicted octanol–water partition coefficient (Wildman–Crippen LogP) is 7.75. The van der Waals surface area contributed by atoms with Gasteiger partial charge in [-0.1, -0.05) is 57.2 Å². The van der Waals surface area contributed by atoms with Crippen molar-refractivity contribution in [3.05, 3.63) is 107 Å². The molecule has 25 nitrogen and oxygen atoms in total. The molecular formula is C72H91N15O10S. The number of nitrogens with two attached hydrogens (primary N) is 1. The van der Waals surface area contributed by atoms with Crippen LogP contribution in [0.15, 0.2) is 72.9 Å². The molecule has 4 aromatic heterocycles. The number of aromatic carboxylic acids is 1. The van der Waals surface area contributed by atoms with E-state index < -0.39 is 53.6 Å². The molecule has 98 heavy (non-hydrogen) atoms. The normalized spacial score (nSPS) is 22.7. The summed E-state index contributed by atoms with van der Waals surface area (Å²) in [5, 5.41) is 42.7. The number of urea groups is 1. The number of primary amides is 1. The lowest BCUT2D eigenvalue weighted by atomic mass is 9.39. The average molecular weight is 1360 g/mol. The highest BCUT2D eigenvalue weighted by molar-refractivity contribution is 7.22. The number of aryl methyl sites for hydroxylation is 1. The van der Waals surface area contributed by atoms with Gasteiger partial charge in [-0.25, -0.2) is 14.8 Å². The first kappa shape index (κ1) is 69.2. The van der Waals surface area contributed by atoms with E-state index in [4.69, 9.17) is 35.4 Å². The van der Waals surface area contributed by atoms with Crippen LogP contribution in [0.5, 0.6) is 0 Å². The fourth-order valence-electron chi connectivity index (χ4n) is 17.6. The molecule has 7 aliphatic rings. The highest BCUT2D eigenvalue weighted by Crippen LogP contribution is 2.72. The zero-order valence-electron chi connectivity index (χ0n) is 57.2. The summed E-state index contributed by atoms with van der Waals surface area (Å²) < 4.78 is 17.0. The number of rotatable bonds is 29. The second-order valence-electron chi connectivity index (χ2n) is 29.6. The highest BCUT2D eigenvalue weighted by Gasteiger charge is 2.66. The summed E-state index contributed by atoms with van der Waals surface area (Å²) in [6.45, 7) is 20.5. The number of carboxylic acids is 1. The molecule has 6 aromatic rings. The third kappa shape index (κ3) is 15.3. The van der Waals surface area contributed by atoms with Gasteiger partial charge in [-0.3, -0.25) is 33.6 Å². The van der Waals surface area contributed by atoms with Crippen molar-refractivity contribution in [2.45, 2.75) is 163 Å². The van der Waals surface area contributed by atoms with Crippen LogP contribution in [-0.4, -0.2) is 158 Å². The minimum absolute atomic E-state index is 0.00808. The van der Waals surface area contributed by atoms with Crippen molar-refractivity contribution >= 4 is 91.4 Å². The monoisotopic (exact) mass is 1360 g/mol. The van der Waals surface area contributed by atoms with Crippen molar-refractivity contribution in [1.29, 1.82) is 0 Å². The molecule has 26 heteroatoms. The number of fused-ring (bicyclic) bond motifs is 2. The van der Waals surface area contributed by atoms with Crippen LogP contribution < -0.4 is 42.3 Å². The van der Waals surface area contributed by atoms with Crippen LogP contribution in [0, 0.1) is 42.9 Å². The van der Waals surface area contributed by atoms with Gasteiger partial charge in [0.05, 0.1) is 73.1 Å². The van der Waals surface area contributed by atoms with Crippen molar-refractivity contribution in [2.24, 2.45) is 27.9 Å². The Morgan fingerprint density at radius 1 is 0.827 bits per heavy atom. The Kier molecular flexibility index (Phi) is 19.9. The molecule has 7 N–H and O–H groups in total. The van der Waals surface area contributed by atoms with Crippen LogP contribution in [0.1, 0.15) is 143 Å². The number of nitrogens with one attached hydrogen (secondary N) is 5. The molecule has 520 valence electrons. The van der Waals surface area contributed by atoms with Crippen molar-refractivity contribution in [3.63, 3.8) is 0 Å². The molecule has 4 aliphatic carbocycles. The molecule has 7 amide bonds. The van der Waals surface area contributed by atoms with Crippen molar-refractivity contribution in [2.75, 3.05) is 74.6 Å². The van der Waals surface area contributed by atoms with Crippen LogP contribution in [0.25, 0.3) is 21.3 Å². The van der Waals surface area contributed by atoms with Crippen LogP contribution >= 0.6 is 11.3 Å². The lowest BCUT2D eigenvalue weighted by Crippen LogP contribution is -2.64. The number of hydrogen-bond donors (Lipinski definition) is 6. The lowest BCUT2D eigenvalue weighted by molar-refractivity contribution is -0.930. The summed E-state index contributed by atoms with van der Waals surface area (Å²) in [7, 11) is 0. The van der Waals surface area contributed by atoms with Crippen LogP contribution in [0.4, 0.5) is 33.1 Å². The Morgan fingerprint density at radius 3 is 2.29 bits per heavy atom. The molecule has 13 rings (SSSR count). The number of quaternary nitrogens is 1. The van der Waals surface area contributed by atoms with Crippen molar-refractivity contribution in [3.8, 4) is 11.1 Å². The first-order valence-corrected chi connectivity index (χ1v) is 35.3. The molecule has 0 spiro atoms. The number of likely N-dealkylation sites (tertiary alicyclic amines) is 1. The molecular weight excluding hydrogens is 1270 g/mol. The first-order chi connectivity index (χ1) is 46.8. The number of carbonyl (C=O) groups excluding carboxylic acids is 7. The zero-order valence-corrected chi connectivity index (χ0v) is 58.0. The summed E-state index contributed by atoms with van der Waals surface area (Å²) >= 11 is 1.57. The fraction of sp³-hybridized carbons (Fsp3) is 0.528. The molecule has 1 saturated heterocycles. The number of carbonyl (C=O) groups is 7. The molecule has 2 aromatic carbocycles. The average Bonchev–Trinajstić information content (AvgIpc) is 0.824. The van der Waals surface area contributed by atoms with Crippen LogP contribution in [0.2, 0.25) is 0 Å². The summed E-state index contributed by atoms with van der Waals surface area (Å²) in [4.78, 5) is 102. The molecule has 4 atom stereocenters. The topological polar surface area (TPSA) is 323 Å². The quantitative estimate of drug-likeness (QED) is 0.0148. The highest BCUT2D eigenvalue weighted by atomic mass is 32.1. The summed E-state index contributed by atoms with van der Waals surface area (Å²) in [6, 6.07) is 15.0. The maximum atomic E-state index is 14.0. The molecule has 0 radical (unpaired) electrons. The van der Waals surface area contributed by atoms with E-state index in [9.17, 15) is 38.7 Å². The molecule has 5 fully saturated rings. The Bertz CT molecular complexity index is 4050. The van der Waals surface area contributed by atoms with Crippen molar-refractivity contribution in [1.82, 2.24) is 50.8 Å². The molecule has 2 unspecified atom stereocenters.